The van der Waals surface area contributed by atoms with E-state index in [4.69, 9.17) is 4.52 Å². The van der Waals surface area contributed by atoms with E-state index in [0.717, 1.165) is 38.2 Å². The van der Waals surface area contributed by atoms with Crippen molar-refractivity contribution in [1.29, 1.82) is 0 Å². The average Bonchev–Trinajstić information content (AvgIpc) is 3.36. The van der Waals surface area contributed by atoms with Gasteiger partial charge in [-0.15, -0.1) is 13.2 Å². The molecule has 242 valence electrons. The molecule has 4 rings (SSSR count). The van der Waals surface area contributed by atoms with Gasteiger partial charge in [-0.25, -0.2) is 0 Å². The Bertz CT molecular complexity index is 1360. The molecule has 15 heteroatoms. The number of anilines is 2. The Kier molecular flexibility index (Phi) is 9.93. The minimum Gasteiger partial charge on any atom is -0.406 e. The molecule has 0 unspecified atom stereocenters. The van der Waals surface area contributed by atoms with Crippen molar-refractivity contribution >= 4 is 11.6 Å². The predicted molar refractivity (Wildman–Crippen MR) is 143 cm³/mol. The minimum absolute atomic E-state index is 0.0206. The van der Waals surface area contributed by atoms with Crippen LogP contribution in [0.2, 0.25) is 0 Å². The summed E-state index contributed by atoms with van der Waals surface area (Å²) in [6, 6.07) is 4.98. The first-order chi connectivity index (χ1) is 20.5. The number of ether oxygens (including phenoxy) is 1. The Morgan fingerprint density at radius 3 is 2.00 bits per heavy atom. The summed E-state index contributed by atoms with van der Waals surface area (Å²) in [5.41, 5.74) is -2.56. The van der Waals surface area contributed by atoms with E-state index < -0.39 is 42.1 Å². The van der Waals surface area contributed by atoms with Gasteiger partial charge in [0, 0.05) is 38.8 Å². The van der Waals surface area contributed by atoms with E-state index in [0.29, 0.717) is 36.8 Å². The van der Waals surface area contributed by atoms with Crippen LogP contribution >= 0.6 is 0 Å². The van der Waals surface area contributed by atoms with E-state index in [2.05, 4.69) is 14.9 Å². The smallest absolute Gasteiger partial charge is 0.406 e. The largest absolute Gasteiger partial charge is 0.573 e. The topological polar surface area (TPSA) is 54.6 Å². The van der Waals surface area contributed by atoms with Crippen molar-refractivity contribution in [2.24, 2.45) is 5.92 Å². The minimum atomic E-state index is -5.07. The maximum absolute atomic E-state index is 13.6. The van der Waals surface area contributed by atoms with Crippen molar-refractivity contribution < 1.29 is 48.8 Å². The number of nitrogens with zero attached hydrogens (tertiary/aromatic N) is 4. The van der Waals surface area contributed by atoms with Crippen molar-refractivity contribution in [3.8, 4) is 5.75 Å². The molecule has 6 nitrogen and oxygen atoms in total. The van der Waals surface area contributed by atoms with Gasteiger partial charge in [-0.2, -0.15) is 31.3 Å². The molecule has 0 radical (unpaired) electrons. The number of halogens is 9. The second-order valence-electron chi connectivity index (χ2n) is 10.8. The highest BCUT2D eigenvalue weighted by Crippen LogP contribution is 2.38. The van der Waals surface area contributed by atoms with Crippen LogP contribution < -0.4 is 14.5 Å². The zero-order chi connectivity index (χ0) is 32.3. The number of hydrogen-bond donors (Lipinski definition) is 0. The van der Waals surface area contributed by atoms with Gasteiger partial charge in [-0.3, -0.25) is 0 Å². The van der Waals surface area contributed by atoms with Crippen LogP contribution in [-0.2, 0) is 25.4 Å². The van der Waals surface area contributed by atoms with Crippen LogP contribution in [0, 0.1) is 12.8 Å². The molecule has 1 aromatic heterocycles. The molecule has 1 saturated carbocycles. The van der Waals surface area contributed by atoms with Gasteiger partial charge >= 0.3 is 18.7 Å². The zero-order valence-electron chi connectivity index (χ0n) is 23.9. The third kappa shape index (κ3) is 8.94. The number of aromatic nitrogens is 2. The average molecular weight is 639 g/mol. The molecule has 0 aliphatic heterocycles. The molecule has 1 heterocycles. The highest BCUT2D eigenvalue weighted by Gasteiger charge is 2.37. The fraction of sp³-hybridized carbons (Fsp3) is 0.517. The molecular formula is C29H31F9N4O2. The van der Waals surface area contributed by atoms with E-state index >= 15 is 0 Å². The van der Waals surface area contributed by atoms with Crippen LogP contribution in [0.5, 0.6) is 5.75 Å². The number of alkyl halides is 9. The van der Waals surface area contributed by atoms with Crippen molar-refractivity contribution in [2.45, 2.75) is 77.8 Å². The standard InChI is InChI=1S/C29H31F9N4O2/c1-3-41(15-19-7-5-4-6-8-19)25-10-9-24(43-29(36,37)38)13-21(25)17-42(26-39-18(2)44-40-26)16-20-11-22(27(30,31)32)14-23(12-20)28(33,34)35/h9-14,19H,3-8,15-17H2,1-2H3. The highest BCUT2D eigenvalue weighted by atomic mass is 19.4. The molecule has 44 heavy (non-hydrogen) atoms. The van der Waals surface area contributed by atoms with E-state index in [1.807, 2.05) is 11.8 Å². The first-order valence-electron chi connectivity index (χ1n) is 14.0. The number of aryl methyl sites for hydroxylation is 1. The lowest BCUT2D eigenvalue weighted by Crippen LogP contribution is -2.32. The maximum Gasteiger partial charge on any atom is 0.573 e. The number of rotatable bonds is 10. The molecule has 1 fully saturated rings. The second-order valence-corrected chi connectivity index (χ2v) is 10.8. The predicted octanol–water partition coefficient (Wildman–Crippen LogP) is 8.93. The van der Waals surface area contributed by atoms with Crippen molar-refractivity contribution in [3.05, 3.63) is 64.5 Å². The van der Waals surface area contributed by atoms with E-state index in [1.165, 1.54) is 24.0 Å². The zero-order valence-corrected chi connectivity index (χ0v) is 23.9. The molecule has 1 aliphatic rings. The van der Waals surface area contributed by atoms with Crippen molar-refractivity contribution in [1.82, 2.24) is 10.1 Å². The van der Waals surface area contributed by atoms with Gasteiger partial charge < -0.3 is 19.1 Å². The number of hydrogen-bond acceptors (Lipinski definition) is 6. The molecule has 0 bridgehead atoms. The number of benzene rings is 2. The fourth-order valence-electron chi connectivity index (χ4n) is 5.42. The third-order valence-electron chi connectivity index (χ3n) is 7.39. The Balaban J connectivity index is 1.77. The highest BCUT2D eigenvalue weighted by molar-refractivity contribution is 5.58. The van der Waals surface area contributed by atoms with Gasteiger partial charge in [-0.05, 0) is 78.4 Å². The normalized spacial score (nSPS) is 15.0. The Labute approximate surface area is 247 Å². The van der Waals surface area contributed by atoms with E-state index in [1.54, 1.807) is 0 Å². The SMILES string of the molecule is CCN(CC1CCCCC1)c1ccc(OC(F)(F)F)cc1CN(Cc1cc(C(F)(F)F)cc(C(F)(F)F)c1)c1noc(C)n1. The summed E-state index contributed by atoms with van der Waals surface area (Å²) in [7, 11) is 0. The van der Waals surface area contributed by atoms with Gasteiger partial charge in [0.25, 0.3) is 5.95 Å². The van der Waals surface area contributed by atoms with Crippen molar-refractivity contribution in [3.63, 3.8) is 0 Å². The summed E-state index contributed by atoms with van der Waals surface area (Å²) < 4.78 is 130. The van der Waals surface area contributed by atoms with Gasteiger partial charge in [0.1, 0.15) is 5.75 Å². The second kappa shape index (κ2) is 13.1. The van der Waals surface area contributed by atoms with Crippen molar-refractivity contribution in [2.75, 3.05) is 22.9 Å². The Morgan fingerprint density at radius 2 is 1.48 bits per heavy atom. The quantitative estimate of drug-likeness (QED) is 0.207. The molecule has 2 aromatic carbocycles. The molecular weight excluding hydrogens is 607 g/mol. The van der Waals surface area contributed by atoms with Crippen LogP contribution in [0.15, 0.2) is 40.9 Å². The maximum atomic E-state index is 13.6. The van der Waals surface area contributed by atoms with Crippen LogP contribution in [0.4, 0.5) is 51.1 Å². The van der Waals surface area contributed by atoms with Gasteiger partial charge in [0.05, 0.1) is 11.1 Å². The molecule has 0 saturated heterocycles. The molecule has 1 aliphatic carbocycles. The van der Waals surface area contributed by atoms with Crippen LogP contribution in [-0.4, -0.2) is 29.6 Å². The fourth-order valence-corrected chi connectivity index (χ4v) is 5.42. The summed E-state index contributed by atoms with van der Waals surface area (Å²) in [4.78, 5) is 7.34. The summed E-state index contributed by atoms with van der Waals surface area (Å²) in [6.45, 7) is 3.59. The summed E-state index contributed by atoms with van der Waals surface area (Å²) in [5.74, 6) is -0.291. The first-order valence-corrected chi connectivity index (χ1v) is 14.0. The van der Waals surface area contributed by atoms with Gasteiger partial charge in [0.15, 0.2) is 0 Å². The third-order valence-corrected chi connectivity index (χ3v) is 7.39. The van der Waals surface area contributed by atoms with Crippen LogP contribution in [0.25, 0.3) is 0 Å². The molecule has 3 aromatic rings. The molecule has 0 amide bonds. The summed E-state index contributed by atoms with van der Waals surface area (Å²) in [5, 5.41) is 3.79. The lowest BCUT2D eigenvalue weighted by molar-refractivity contribution is -0.274. The summed E-state index contributed by atoms with van der Waals surface area (Å²) >= 11 is 0. The molecule has 0 N–H and O–H groups in total. The first kappa shape index (κ1) is 33.2. The van der Waals surface area contributed by atoms with Gasteiger partial charge in [-0.1, -0.05) is 19.3 Å². The molecule has 0 atom stereocenters. The monoisotopic (exact) mass is 638 g/mol. The van der Waals surface area contributed by atoms with Crippen LogP contribution in [0.3, 0.4) is 0 Å². The Hall–Kier alpha value is -3.65. The summed E-state index contributed by atoms with van der Waals surface area (Å²) in [6.07, 6.45) is -9.89. The lowest BCUT2D eigenvalue weighted by Gasteiger charge is -2.33. The Morgan fingerprint density at radius 1 is 0.841 bits per heavy atom. The molecule has 0 spiro atoms. The van der Waals surface area contributed by atoms with E-state index in [9.17, 15) is 39.5 Å². The van der Waals surface area contributed by atoms with E-state index in [-0.39, 0.29) is 35.6 Å². The van der Waals surface area contributed by atoms with Crippen LogP contribution in [0.1, 0.15) is 67.2 Å². The lowest BCUT2D eigenvalue weighted by atomic mass is 9.88. The van der Waals surface area contributed by atoms with Gasteiger partial charge in [0.2, 0.25) is 5.89 Å².